The van der Waals surface area contributed by atoms with Crippen molar-refractivity contribution < 1.29 is 0 Å². The van der Waals surface area contributed by atoms with Crippen molar-refractivity contribution in [3.8, 4) is 39.9 Å². The summed E-state index contributed by atoms with van der Waals surface area (Å²) >= 11 is 0. The van der Waals surface area contributed by atoms with E-state index in [1.807, 2.05) is 60.7 Å². The second kappa shape index (κ2) is 11.0. The number of aromatic nitrogens is 4. The summed E-state index contributed by atoms with van der Waals surface area (Å²) in [6, 6.07) is 59.7. The van der Waals surface area contributed by atoms with E-state index < -0.39 is 0 Å². The minimum absolute atomic E-state index is 0.651. The van der Waals surface area contributed by atoms with Crippen molar-refractivity contribution in [2.24, 2.45) is 0 Å². The zero-order valence-electron chi connectivity index (χ0n) is 26.5. The van der Waals surface area contributed by atoms with Crippen LogP contribution in [0.2, 0.25) is 0 Å². The van der Waals surface area contributed by atoms with E-state index >= 15 is 0 Å². The fourth-order valence-electron chi connectivity index (χ4n) is 7.43. The van der Waals surface area contributed by atoms with Gasteiger partial charge in [0.05, 0.1) is 11.0 Å². The summed E-state index contributed by atoms with van der Waals surface area (Å²) < 4.78 is 2.39. The van der Waals surface area contributed by atoms with E-state index in [2.05, 4.69) is 114 Å². The summed E-state index contributed by atoms with van der Waals surface area (Å²) in [6.45, 7) is 0. The van der Waals surface area contributed by atoms with E-state index in [0.717, 1.165) is 22.4 Å². The van der Waals surface area contributed by atoms with Gasteiger partial charge in [0.1, 0.15) is 0 Å². The fraction of sp³-hybridized carbons (Fsp3) is 0. The summed E-state index contributed by atoms with van der Waals surface area (Å²) in [6.07, 6.45) is 0. The molecule has 0 unspecified atom stereocenters. The lowest BCUT2D eigenvalue weighted by molar-refractivity contribution is 1.07. The van der Waals surface area contributed by atoms with Gasteiger partial charge in [-0.1, -0.05) is 140 Å². The highest BCUT2D eigenvalue weighted by Crippen LogP contribution is 2.44. The molecule has 8 aromatic carbocycles. The van der Waals surface area contributed by atoms with Crippen molar-refractivity contribution in [2.45, 2.75) is 0 Å². The second-order valence-electron chi connectivity index (χ2n) is 12.4. The zero-order chi connectivity index (χ0) is 32.3. The van der Waals surface area contributed by atoms with Crippen LogP contribution in [-0.4, -0.2) is 19.5 Å². The Morgan fingerprint density at radius 1 is 0.306 bits per heavy atom. The maximum absolute atomic E-state index is 5.05. The third-order valence-corrected chi connectivity index (χ3v) is 9.61. The molecule has 0 atom stereocenters. The monoisotopic (exact) mass is 624 g/mol. The molecule has 0 aliphatic heterocycles. The Labute approximate surface area is 282 Å². The molecule has 49 heavy (non-hydrogen) atoms. The molecule has 0 saturated carbocycles. The van der Waals surface area contributed by atoms with Crippen LogP contribution in [0.15, 0.2) is 170 Å². The molecule has 10 aromatic rings. The highest BCUT2D eigenvalue weighted by atomic mass is 15.0. The third-order valence-electron chi connectivity index (χ3n) is 9.61. The molecular weight excluding hydrogens is 597 g/mol. The lowest BCUT2D eigenvalue weighted by Gasteiger charge is -2.14. The lowest BCUT2D eigenvalue weighted by atomic mass is 9.91. The first-order chi connectivity index (χ1) is 24.3. The Morgan fingerprint density at radius 3 is 1.45 bits per heavy atom. The van der Waals surface area contributed by atoms with Gasteiger partial charge in [0.15, 0.2) is 17.5 Å². The highest BCUT2D eigenvalue weighted by molar-refractivity contribution is 6.35. The van der Waals surface area contributed by atoms with Crippen LogP contribution in [0.1, 0.15) is 0 Å². The Bertz CT molecular complexity index is 2800. The number of nitrogens with zero attached hydrogens (tertiary/aromatic N) is 4. The Balaban J connectivity index is 1.29. The van der Waals surface area contributed by atoms with Gasteiger partial charge in [-0.2, -0.15) is 0 Å². The van der Waals surface area contributed by atoms with E-state index in [9.17, 15) is 0 Å². The molecule has 0 fully saturated rings. The molecule has 228 valence electrons. The molecule has 0 saturated heterocycles. The molecule has 10 rings (SSSR count). The molecule has 4 heteroatoms. The van der Waals surface area contributed by atoms with Gasteiger partial charge in [0, 0.05) is 38.5 Å². The van der Waals surface area contributed by atoms with E-state index in [1.54, 1.807) is 0 Å². The van der Waals surface area contributed by atoms with Crippen molar-refractivity contribution >= 4 is 54.1 Å². The van der Waals surface area contributed by atoms with Crippen LogP contribution in [0.25, 0.3) is 94.0 Å². The average Bonchev–Trinajstić information content (AvgIpc) is 3.53. The zero-order valence-corrected chi connectivity index (χ0v) is 26.5. The van der Waals surface area contributed by atoms with Crippen molar-refractivity contribution in [3.63, 3.8) is 0 Å². The number of rotatable bonds is 4. The van der Waals surface area contributed by atoms with Gasteiger partial charge in [-0.3, -0.25) is 0 Å². The normalized spacial score (nSPS) is 11.7. The summed E-state index contributed by atoms with van der Waals surface area (Å²) in [4.78, 5) is 15.0. The summed E-state index contributed by atoms with van der Waals surface area (Å²) in [5, 5.41) is 9.83. The van der Waals surface area contributed by atoms with Crippen molar-refractivity contribution in [1.29, 1.82) is 0 Å². The molecule has 4 nitrogen and oxygen atoms in total. The van der Waals surface area contributed by atoms with E-state index in [-0.39, 0.29) is 0 Å². The maximum Gasteiger partial charge on any atom is 0.164 e. The van der Waals surface area contributed by atoms with E-state index in [0.29, 0.717) is 17.5 Å². The number of fused-ring (bicyclic) bond motifs is 10. The van der Waals surface area contributed by atoms with Gasteiger partial charge in [-0.25, -0.2) is 15.0 Å². The van der Waals surface area contributed by atoms with Crippen LogP contribution in [-0.2, 0) is 0 Å². The largest absolute Gasteiger partial charge is 0.309 e. The molecule has 0 N–H and O–H groups in total. The fourth-order valence-corrected chi connectivity index (χ4v) is 7.43. The first kappa shape index (κ1) is 27.5. The van der Waals surface area contributed by atoms with Crippen LogP contribution in [0.5, 0.6) is 0 Å². The maximum atomic E-state index is 5.05. The molecule has 0 bridgehead atoms. The molecule has 0 aliphatic rings. The molecule has 2 heterocycles. The predicted molar refractivity (Wildman–Crippen MR) is 203 cm³/mol. The second-order valence-corrected chi connectivity index (χ2v) is 12.4. The number of para-hydroxylation sites is 2. The van der Waals surface area contributed by atoms with Crippen LogP contribution < -0.4 is 0 Å². The summed E-state index contributed by atoms with van der Waals surface area (Å²) in [5.74, 6) is 1.96. The molecule has 0 radical (unpaired) electrons. The number of benzene rings is 8. The molecular formula is C45H28N4. The number of hydrogen-bond donors (Lipinski definition) is 0. The van der Waals surface area contributed by atoms with Crippen molar-refractivity contribution in [1.82, 2.24) is 19.5 Å². The van der Waals surface area contributed by atoms with E-state index in [4.69, 9.17) is 15.0 Å². The molecule has 0 amide bonds. The summed E-state index contributed by atoms with van der Waals surface area (Å²) in [5.41, 5.74) is 6.40. The van der Waals surface area contributed by atoms with Crippen LogP contribution in [0, 0.1) is 0 Å². The predicted octanol–water partition coefficient (Wildman–Crippen LogP) is 11.4. The molecule has 0 aliphatic carbocycles. The first-order valence-electron chi connectivity index (χ1n) is 16.5. The minimum Gasteiger partial charge on any atom is -0.309 e. The summed E-state index contributed by atoms with van der Waals surface area (Å²) in [7, 11) is 0. The van der Waals surface area contributed by atoms with Gasteiger partial charge in [0.2, 0.25) is 0 Å². The number of hydrogen-bond acceptors (Lipinski definition) is 3. The topological polar surface area (TPSA) is 43.6 Å². The van der Waals surface area contributed by atoms with Crippen molar-refractivity contribution in [2.75, 3.05) is 0 Å². The van der Waals surface area contributed by atoms with Gasteiger partial charge < -0.3 is 4.57 Å². The highest BCUT2D eigenvalue weighted by Gasteiger charge is 2.19. The van der Waals surface area contributed by atoms with Gasteiger partial charge in [0.25, 0.3) is 0 Å². The SMILES string of the molecule is c1ccc(-c2nc(-c3ccccc3)nc(-c3ccc4c(c3)c3ccccc3c3ccc5c(c6ccccc6n5-c5ccccc5)c34)n2)cc1. The van der Waals surface area contributed by atoms with Crippen LogP contribution in [0.4, 0.5) is 0 Å². The van der Waals surface area contributed by atoms with Gasteiger partial charge >= 0.3 is 0 Å². The van der Waals surface area contributed by atoms with Crippen LogP contribution >= 0.6 is 0 Å². The van der Waals surface area contributed by atoms with Crippen molar-refractivity contribution in [3.05, 3.63) is 170 Å². The first-order valence-corrected chi connectivity index (χ1v) is 16.5. The van der Waals surface area contributed by atoms with E-state index in [1.165, 1.54) is 54.1 Å². The Hall–Kier alpha value is -6.65. The molecule has 2 aromatic heterocycles. The minimum atomic E-state index is 0.651. The van der Waals surface area contributed by atoms with Crippen LogP contribution in [0.3, 0.4) is 0 Å². The Morgan fingerprint density at radius 2 is 0.796 bits per heavy atom. The standard InChI is InChI=1S/C45H28N4/c1-4-14-29(15-5-1)43-46-44(30-16-6-2-7-17-30)48-45(47-43)31-24-25-36-38(28-31)34-21-11-10-20-33(34)35-26-27-40-42(41(35)36)37-22-12-13-23-39(37)49(40)32-18-8-3-9-19-32/h1-28H. The Kier molecular flexibility index (Phi) is 6.15. The third kappa shape index (κ3) is 4.35. The average molecular weight is 625 g/mol. The molecule has 0 spiro atoms. The smallest absolute Gasteiger partial charge is 0.164 e. The van der Waals surface area contributed by atoms with Gasteiger partial charge in [-0.05, 0) is 57.3 Å². The van der Waals surface area contributed by atoms with Gasteiger partial charge in [-0.15, -0.1) is 0 Å². The lowest BCUT2D eigenvalue weighted by Crippen LogP contribution is -2.00. The quantitative estimate of drug-likeness (QED) is 0.183.